The molecular formula is C17H18N2O3. The Labute approximate surface area is 129 Å². The Balaban J connectivity index is 2.38. The van der Waals surface area contributed by atoms with Crippen molar-refractivity contribution < 1.29 is 14.3 Å². The summed E-state index contributed by atoms with van der Waals surface area (Å²) in [6.07, 6.45) is 0. The van der Waals surface area contributed by atoms with E-state index in [9.17, 15) is 9.59 Å². The van der Waals surface area contributed by atoms with Crippen LogP contribution in [0.15, 0.2) is 48.5 Å². The zero-order valence-corrected chi connectivity index (χ0v) is 12.6. The minimum absolute atomic E-state index is 0.0556. The van der Waals surface area contributed by atoms with Crippen molar-refractivity contribution in [2.24, 2.45) is 5.73 Å². The Hall–Kier alpha value is -2.66. The molecule has 0 aliphatic heterocycles. The fraction of sp³-hybridized carbons (Fsp3) is 0.176. The normalized spacial score (nSPS) is 10.1. The Morgan fingerprint density at radius 2 is 1.77 bits per heavy atom. The van der Waals surface area contributed by atoms with E-state index in [1.807, 2.05) is 30.3 Å². The summed E-state index contributed by atoms with van der Waals surface area (Å²) >= 11 is 0. The molecule has 2 N–H and O–H groups in total. The molecule has 22 heavy (non-hydrogen) atoms. The van der Waals surface area contributed by atoms with Gasteiger partial charge in [-0.3, -0.25) is 14.5 Å². The van der Waals surface area contributed by atoms with E-state index in [0.717, 1.165) is 0 Å². The minimum Gasteiger partial charge on any atom is -0.426 e. The topological polar surface area (TPSA) is 72.6 Å². The highest BCUT2D eigenvalue weighted by Gasteiger charge is 2.20. The Bertz CT molecular complexity index is 684. The van der Waals surface area contributed by atoms with Crippen LogP contribution in [0.2, 0.25) is 0 Å². The lowest BCUT2D eigenvalue weighted by molar-refractivity contribution is -0.131. The number of anilines is 1. The number of nitrogens with two attached hydrogens (primary N) is 1. The molecule has 0 atom stereocenters. The molecule has 2 rings (SSSR count). The maximum atomic E-state index is 12.7. The molecule has 0 fully saturated rings. The van der Waals surface area contributed by atoms with Crippen molar-refractivity contribution in [3.63, 3.8) is 0 Å². The second-order valence-corrected chi connectivity index (χ2v) is 4.77. The first-order chi connectivity index (χ1) is 10.5. The van der Waals surface area contributed by atoms with Crippen molar-refractivity contribution in [2.75, 3.05) is 11.6 Å². The third-order valence-corrected chi connectivity index (χ3v) is 3.26. The molecule has 0 bridgehead atoms. The zero-order valence-electron chi connectivity index (χ0n) is 12.6. The van der Waals surface area contributed by atoms with Gasteiger partial charge in [-0.25, -0.2) is 0 Å². The lowest BCUT2D eigenvalue weighted by atomic mass is 10.1. The molecule has 0 saturated heterocycles. The number of ether oxygens (including phenoxy) is 1. The molecule has 0 aliphatic carbocycles. The zero-order chi connectivity index (χ0) is 16.1. The third-order valence-electron chi connectivity index (χ3n) is 3.26. The van der Waals surface area contributed by atoms with E-state index >= 15 is 0 Å². The first kappa shape index (κ1) is 15.7. The summed E-state index contributed by atoms with van der Waals surface area (Å²) in [5.74, 6) is -0.282. The van der Waals surface area contributed by atoms with Crippen LogP contribution in [-0.2, 0) is 4.79 Å². The van der Waals surface area contributed by atoms with Gasteiger partial charge in [-0.1, -0.05) is 24.3 Å². The largest absolute Gasteiger partial charge is 0.426 e. The number of hydrogen-bond donors (Lipinski definition) is 1. The first-order valence-electron chi connectivity index (χ1n) is 6.89. The fourth-order valence-electron chi connectivity index (χ4n) is 2.17. The second kappa shape index (κ2) is 6.87. The quantitative estimate of drug-likeness (QED) is 0.534. The van der Waals surface area contributed by atoms with Crippen LogP contribution in [0.1, 0.15) is 22.8 Å². The fourth-order valence-corrected chi connectivity index (χ4v) is 2.17. The molecule has 5 heteroatoms. The number of hydrogen-bond acceptors (Lipinski definition) is 4. The number of carbonyl (C=O) groups excluding carboxylic acids is 2. The number of esters is 1. The van der Waals surface area contributed by atoms with Crippen LogP contribution in [0.5, 0.6) is 5.75 Å². The van der Waals surface area contributed by atoms with Crippen molar-refractivity contribution in [3.05, 3.63) is 59.7 Å². The Morgan fingerprint density at radius 3 is 2.36 bits per heavy atom. The van der Waals surface area contributed by atoms with Gasteiger partial charge in [0.1, 0.15) is 5.75 Å². The van der Waals surface area contributed by atoms with Gasteiger partial charge in [-0.2, -0.15) is 0 Å². The Morgan fingerprint density at radius 1 is 1.09 bits per heavy atom. The summed E-state index contributed by atoms with van der Waals surface area (Å²) in [5, 5.41) is 0. The SMILES string of the molecule is CC(=O)Oc1cccc(C(=O)N(CN)c2ccccc2)c1C. The standard InChI is InChI=1S/C17H18N2O3/c1-12-15(9-6-10-16(12)22-13(2)20)17(21)19(11-18)14-7-4-3-5-8-14/h3-10H,11,18H2,1-2H3. The molecule has 5 nitrogen and oxygen atoms in total. The lowest BCUT2D eigenvalue weighted by Crippen LogP contribution is -2.36. The van der Waals surface area contributed by atoms with Crippen LogP contribution in [0.4, 0.5) is 5.69 Å². The summed E-state index contributed by atoms with van der Waals surface area (Å²) in [6, 6.07) is 14.2. The van der Waals surface area contributed by atoms with Crippen LogP contribution >= 0.6 is 0 Å². The van der Waals surface area contributed by atoms with E-state index in [1.165, 1.54) is 11.8 Å². The van der Waals surface area contributed by atoms with E-state index < -0.39 is 5.97 Å². The molecule has 2 aromatic rings. The van der Waals surface area contributed by atoms with E-state index in [2.05, 4.69) is 0 Å². The molecule has 0 unspecified atom stereocenters. The summed E-state index contributed by atoms with van der Waals surface area (Å²) < 4.78 is 5.11. The molecule has 0 radical (unpaired) electrons. The monoisotopic (exact) mass is 298 g/mol. The predicted molar refractivity (Wildman–Crippen MR) is 84.8 cm³/mol. The minimum atomic E-state index is -0.425. The third kappa shape index (κ3) is 3.32. The van der Waals surface area contributed by atoms with Crippen LogP contribution in [-0.4, -0.2) is 18.5 Å². The van der Waals surface area contributed by atoms with Crippen molar-refractivity contribution in [3.8, 4) is 5.75 Å². The van der Waals surface area contributed by atoms with Crippen molar-refractivity contribution in [1.29, 1.82) is 0 Å². The van der Waals surface area contributed by atoms with E-state index in [4.69, 9.17) is 10.5 Å². The summed E-state index contributed by atoms with van der Waals surface area (Å²) in [5.41, 5.74) is 7.51. The molecule has 2 aromatic carbocycles. The smallest absolute Gasteiger partial charge is 0.308 e. The van der Waals surface area contributed by atoms with E-state index in [1.54, 1.807) is 25.1 Å². The Kier molecular flexibility index (Phi) is 4.91. The summed E-state index contributed by atoms with van der Waals surface area (Å²) in [4.78, 5) is 25.3. The molecule has 0 spiro atoms. The van der Waals surface area contributed by atoms with Crippen molar-refractivity contribution in [1.82, 2.24) is 0 Å². The molecule has 0 saturated carbocycles. The summed E-state index contributed by atoms with van der Waals surface area (Å²) in [6.45, 7) is 3.12. The number of nitrogens with zero attached hydrogens (tertiary/aromatic N) is 1. The molecule has 114 valence electrons. The van der Waals surface area contributed by atoms with Gasteiger partial charge < -0.3 is 10.5 Å². The number of rotatable bonds is 4. The van der Waals surface area contributed by atoms with Crippen LogP contribution < -0.4 is 15.4 Å². The molecule has 1 amide bonds. The summed E-state index contributed by atoms with van der Waals surface area (Å²) in [7, 11) is 0. The van der Waals surface area contributed by atoms with Gasteiger partial charge in [0.2, 0.25) is 0 Å². The van der Waals surface area contributed by atoms with Gasteiger partial charge in [0, 0.05) is 23.7 Å². The molecule has 0 aromatic heterocycles. The van der Waals surface area contributed by atoms with E-state index in [-0.39, 0.29) is 12.6 Å². The van der Waals surface area contributed by atoms with Crippen LogP contribution in [0.25, 0.3) is 0 Å². The second-order valence-electron chi connectivity index (χ2n) is 4.77. The number of carbonyl (C=O) groups is 2. The first-order valence-corrected chi connectivity index (χ1v) is 6.89. The average molecular weight is 298 g/mol. The molecular weight excluding hydrogens is 280 g/mol. The highest BCUT2D eigenvalue weighted by Crippen LogP contribution is 2.24. The van der Waals surface area contributed by atoms with Gasteiger partial charge in [-0.15, -0.1) is 0 Å². The van der Waals surface area contributed by atoms with E-state index in [0.29, 0.717) is 22.6 Å². The van der Waals surface area contributed by atoms with Gasteiger partial charge in [0.25, 0.3) is 5.91 Å². The van der Waals surface area contributed by atoms with Gasteiger partial charge in [0.05, 0.1) is 6.67 Å². The molecule has 0 heterocycles. The van der Waals surface area contributed by atoms with Gasteiger partial charge in [-0.05, 0) is 31.2 Å². The molecule has 0 aliphatic rings. The van der Waals surface area contributed by atoms with Gasteiger partial charge >= 0.3 is 5.97 Å². The predicted octanol–water partition coefficient (Wildman–Crippen LogP) is 2.48. The maximum absolute atomic E-state index is 12.7. The lowest BCUT2D eigenvalue weighted by Gasteiger charge is -2.22. The average Bonchev–Trinajstić information content (AvgIpc) is 2.50. The number of benzene rings is 2. The number of para-hydroxylation sites is 1. The highest BCUT2D eigenvalue weighted by molar-refractivity contribution is 6.07. The van der Waals surface area contributed by atoms with Crippen LogP contribution in [0.3, 0.4) is 0 Å². The highest BCUT2D eigenvalue weighted by atomic mass is 16.5. The van der Waals surface area contributed by atoms with Crippen molar-refractivity contribution in [2.45, 2.75) is 13.8 Å². The number of amides is 1. The van der Waals surface area contributed by atoms with Crippen molar-refractivity contribution >= 4 is 17.6 Å². The maximum Gasteiger partial charge on any atom is 0.308 e. The van der Waals surface area contributed by atoms with Gasteiger partial charge in [0.15, 0.2) is 0 Å². The van der Waals surface area contributed by atoms with Crippen LogP contribution in [0, 0.1) is 6.92 Å².